The summed E-state index contributed by atoms with van der Waals surface area (Å²) in [6, 6.07) is 1.26. The van der Waals surface area contributed by atoms with Gasteiger partial charge in [0.1, 0.15) is 10.0 Å². The molecule has 20 heavy (non-hydrogen) atoms. The molecule has 106 valence electrons. The first-order valence-corrected chi connectivity index (χ1v) is 8.87. The maximum atomic E-state index is 12.2. The number of nitrogens with one attached hydrogen (secondary N) is 1. The van der Waals surface area contributed by atoms with Gasteiger partial charge >= 0.3 is 0 Å². The van der Waals surface area contributed by atoms with Crippen molar-refractivity contribution in [1.29, 1.82) is 0 Å². The highest BCUT2D eigenvalue weighted by Crippen LogP contribution is 2.41. The van der Waals surface area contributed by atoms with Crippen molar-refractivity contribution in [3.05, 3.63) is 33.5 Å². The summed E-state index contributed by atoms with van der Waals surface area (Å²) in [5.74, 6) is 0.483. The highest BCUT2D eigenvalue weighted by Gasteiger charge is 2.27. The van der Waals surface area contributed by atoms with Gasteiger partial charge in [-0.3, -0.25) is 4.72 Å². The highest BCUT2D eigenvalue weighted by atomic mass is 35.5. The summed E-state index contributed by atoms with van der Waals surface area (Å²) in [5, 5.41) is 2.38. The van der Waals surface area contributed by atoms with Crippen LogP contribution in [0.25, 0.3) is 0 Å². The molecule has 0 amide bonds. The summed E-state index contributed by atoms with van der Waals surface area (Å²) in [5.41, 5.74) is 0.944. The topological polar surface area (TPSA) is 72.0 Å². The Bertz CT molecular complexity index is 757. The van der Waals surface area contributed by atoms with E-state index in [1.165, 1.54) is 17.4 Å². The van der Waals surface area contributed by atoms with Gasteiger partial charge < -0.3 is 0 Å². The molecule has 0 bridgehead atoms. The van der Waals surface area contributed by atoms with Gasteiger partial charge in [-0.1, -0.05) is 23.2 Å². The first-order chi connectivity index (χ1) is 9.45. The molecule has 1 fully saturated rings. The number of aromatic nitrogens is 2. The van der Waals surface area contributed by atoms with Crippen molar-refractivity contribution >= 4 is 49.7 Å². The number of anilines is 1. The normalized spacial score (nSPS) is 15.3. The molecule has 1 aliphatic rings. The van der Waals surface area contributed by atoms with E-state index in [9.17, 15) is 8.42 Å². The number of thiazole rings is 1. The largest absolute Gasteiger partial charge is 0.265 e. The van der Waals surface area contributed by atoms with E-state index in [1.807, 2.05) is 5.38 Å². The van der Waals surface area contributed by atoms with Crippen molar-refractivity contribution in [3.63, 3.8) is 0 Å². The van der Waals surface area contributed by atoms with Gasteiger partial charge in [-0.15, -0.1) is 11.3 Å². The molecule has 1 saturated carbocycles. The number of sulfonamides is 1. The van der Waals surface area contributed by atoms with Crippen LogP contribution in [0.15, 0.2) is 22.5 Å². The Hall–Kier alpha value is -0.890. The molecule has 0 saturated heterocycles. The van der Waals surface area contributed by atoms with Crippen LogP contribution in [0.1, 0.15) is 24.5 Å². The highest BCUT2D eigenvalue weighted by molar-refractivity contribution is 7.93. The van der Waals surface area contributed by atoms with Gasteiger partial charge in [0.15, 0.2) is 5.13 Å². The standard InChI is InChI=1S/C11H9Cl2N3O2S2/c12-8-3-7(4-14-10(8)13)20(17,18)16-11-15-9(5-19-11)6-1-2-6/h3-6H,1-2H2,(H,15,16). The van der Waals surface area contributed by atoms with Gasteiger partial charge in [-0.2, -0.15) is 0 Å². The summed E-state index contributed by atoms with van der Waals surface area (Å²) in [6.07, 6.45) is 3.39. The second-order valence-electron chi connectivity index (χ2n) is 4.40. The number of hydrogen-bond acceptors (Lipinski definition) is 5. The van der Waals surface area contributed by atoms with Gasteiger partial charge in [0.05, 0.1) is 10.7 Å². The van der Waals surface area contributed by atoms with Crippen LogP contribution >= 0.6 is 34.5 Å². The van der Waals surface area contributed by atoms with Crippen LogP contribution < -0.4 is 4.72 Å². The van der Waals surface area contributed by atoms with Crippen molar-refractivity contribution < 1.29 is 8.42 Å². The van der Waals surface area contributed by atoms with Crippen LogP contribution in [0.3, 0.4) is 0 Å². The fourth-order valence-corrected chi connectivity index (χ4v) is 3.97. The van der Waals surface area contributed by atoms with E-state index in [0.717, 1.165) is 24.7 Å². The van der Waals surface area contributed by atoms with Crippen molar-refractivity contribution in [2.45, 2.75) is 23.7 Å². The quantitative estimate of drug-likeness (QED) is 0.857. The zero-order valence-electron chi connectivity index (χ0n) is 10.0. The van der Waals surface area contributed by atoms with Crippen LogP contribution in [0.5, 0.6) is 0 Å². The third-order valence-corrected chi connectivity index (χ3v) is 5.72. The Labute approximate surface area is 130 Å². The molecule has 0 aliphatic heterocycles. The number of rotatable bonds is 4. The van der Waals surface area contributed by atoms with Crippen molar-refractivity contribution in [2.75, 3.05) is 4.72 Å². The Kier molecular flexibility index (Phi) is 3.62. The molecule has 2 aromatic rings. The molecule has 0 aromatic carbocycles. The van der Waals surface area contributed by atoms with E-state index >= 15 is 0 Å². The van der Waals surface area contributed by atoms with Gasteiger partial charge in [0.2, 0.25) is 0 Å². The second-order valence-corrected chi connectivity index (χ2v) is 7.71. The van der Waals surface area contributed by atoms with E-state index in [2.05, 4.69) is 14.7 Å². The number of halogens is 2. The Morgan fingerprint density at radius 2 is 2.10 bits per heavy atom. The molecule has 0 atom stereocenters. The van der Waals surface area contributed by atoms with E-state index in [1.54, 1.807) is 0 Å². The SMILES string of the molecule is O=S(=O)(Nc1nc(C2CC2)cs1)c1cnc(Cl)c(Cl)c1. The summed E-state index contributed by atoms with van der Waals surface area (Å²) in [4.78, 5) is 7.95. The second kappa shape index (κ2) is 5.14. The number of nitrogens with zero attached hydrogens (tertiary/aromatic N) is 2. The number of hydrogen-bond donors (Lipinski definition) is 1. The van der Waals surface area contributed by atoms with E-state index in [0.29, 0.717) is 11.0 Å². The summed E-state index contributed by atoms with van der Waals surface area (Å²) in [7, 11) is -3.75. The minimum Gasteiger partial charge on any atom is -0.255 e. The fourth-order valence-electron chi connectivity index (χ4n) is 1.62. The fraction of sp³-hybridized carbons (Fsp3) is 0.273. The lowest BCUT2D eigenvalue weighted by Gasteiger charge is -2.05. The molecule has 0 spiro atoms. The summed E-state index contributed by atoms with van der Waals surface area (Å²) in [6.45, 7) is 0. The Morgan fingerprint density at radius 3 is 2.75 bits per heavy atom. The maximum absolute atomic E-state index is 12.2. The first-order valence-electron chi connectivity index (χ1n) is 5.75. The van der Waals surface area contributed by atoms with Crippen LogP contribution in [-0.4, -0.2) is 18.4 Å². The molecule has 0 unspecified atom stereocenters. The van der Waals surface area contributed by atoms with Crippen molar-refractivity contribution in [2.24, 2.45) is 0 Å². The molecular formula is C11H9Cl2N3O2S2. The molecule has 2 heterocycles. The van der Waals surface area contributed by atoms with E-state index in [4.69, 9.17) is 23.2 Å². The lowest BCUT2D eigenvalue weighted by Crippen LogP contribution is -2.13. The van der Waals surface area contributed by atoms with Gasteiger partial charge in [-0.25, -0.2) is 18.4 Å². The minimum absolute atomic E-state index is 0.0462. The molecule has 0 radical (unpaired) electrons. The van der Waals surface area contributed by atoms with Gasteiger partial charge in [-0.05, 0) is 18.9 Å². The zero-order chi connectivity index (χ0) is 14.3. The smallest absolute Gasteiger partial charge is 0.255 e. The van der Waals surface area contributed by atoms with Crippen LogP contribution in [0, 0.1) is 0 Å². The molecule has 5 nitrogen and oxygen atoms in total. The number of pyridine rings is 1. The lowest BCUT2D eigenvalue weighted by molar-refractivity contribution is 0.601. The molecule has 1 aliphatic carbocycles. The molecule has 2 aromatic heterocycles. The predicted octanol–water partition coefficient (Wildman–Crippen LogP) is 3.52. The molecular weight excluding hydrogens is 341 g/mol. The lowest BCUT2D eigenvalue weighted by atomic mass is 10.3. The summed E-state index contributed by atoms with van der Waals surface area (Å²) < 4.78 is 26.8. The zero-order valence-corrected chi connectivity index (χ0v) is 13.2. The Morgan fingerprint density at radius 1 is 1.35 bits per heavy atom. The summed E-state index contributed by atoms with van der Waals surface area (Å²) >= 11 is 12.7. The van der Waals surface area contributed by atoms with Crippen LogP contribution in [-0.2, 0) is 10.0 Å². The van der Waals surface area contributed by atoms with Gasteiger partial charge in [0, 0.05) is 17.5 Å². The predicted molar refractivity (Wildman–Crippen MR) is 79.2 cm³/mol. The Balaban J connectivity index is 1.84. The minimum atomic E-state index is -3.75. The monoisotopic (exact) mass is 349 g/mol. The van der Waals surface area contributed by atoms with Crippen molar-refractivity contribution in [1.82, 2.24) is 9.97 Å². The average Bonchev–Trinajstić information content (AvgIpc) is 3.14. The average molecular weight is 350 g/mol. The first kappa shape index (κ1) is 14.1. The molecule has 3 rings (SSSR count). The third-order valence-electron chi connectivity index (χ3n) is 2.82. The van der Waals surface area contributed by atoms with E-state index in [-0.39, 0.29) is 15.1 Å². The third kappa shape index (κ3) is 2.90. The molecule has 1 N–H and O–H groups in total. The van der Waals surface area contributed by atoms with Gasteiger partial charge in [0.25, 0.3) is 10.0 Å². The van der Waals surface area contributed by atoms with Crippen LogP contribution in [0.2, 0.25) is 10.2 Å². The maximum Gasteiger partial charge on any atom is 0.265 e. The van der Waals surface area contributed by atoms with E-state index < -0.39 is 10.0 Å². The van der Waals surface area contributed by atoms with Crippen LogP contribution in [0.4, 0.5) is 5.13 Å². The van der Waals surface area contributed by atoms with Crippen molar-refractivity contribution in [3.8, 4) is 0 Å². The molecule has 9 heteroatoms.